The fraction of sp³-hybridized carbons (Fsp3) is 0.368. The zero-order valence-corrected chi connectivity index (χ0v) is 13.8. The minimum absolute atomic E-state index is 0.391. The monoisotopic (exact) mass is 297 g/mol. The SMILES string of the molecule is CNC(c1ccc(C(C)C)cc1)C1CSc2ccccc21. The lowest BCUT2D eigenvalue weighted by Gasteiger charge is -2.24. The first-order chi connectivity index (χ1) is 10.2. The van der Waals surface area contributed by atoms with Crippen LogP contribution in [-0.2, 0) is 0 Å². The van der Waals surface area contributed by atoms with Crippen molar-refractivity contribution in [3.63, 3.8) is 0 Å². The standard InChI is InChI=1S/C19H23NS/c1-13(2)14-8-10-15(11-9-14)19(20-3)17-12-21-18-7-5-4-6-16(17)18/h4-11,13,17,19-20H,12H2,1-3H3. The summed E-state index contributed by atoms with van der Waals surface area (Å²) in [5.74, 6) is 2.31. The van der Waals surface area contributed by atoms with Gasteiger partial charge in [-0.1, -0.05) is 56.3 Å². The number of nitrogens with one attached hydrogen (secondary N) is 1. The molecule has 1 aliphatic heterocycles. The molecule has 0 radical (unpaired) electrons. The normalized spacial score (nSPS) is 18.8. The Labute approximate surface area is 132 Å². The minimum Gasteiger partial charge on any atom is -0.312 e. The lowest BCUT2D eigenvalue weighted by molar-refractivity contribution is 0.514. The number of hydrogen-bond acceptors (Lipinski definition) is 2. The van der Waals surface area contributed by atoms with Gasteiger partial charge in [0.1, 0.15) is 0 Å². The molecule has 0 fully saturated rings. The van der Waals surface area contributed by atoms with E-state index in [0.717, 1.165) is 5.75 Å². The van der Waals surface area contributed by atoms with Crippen molar-refractivity contribution in [3.05, 3.63) is 65.2 Å². The first-order valence-corrected chi connectivity index (χ1v) is 8.68. The maximum Gasteiger partial charge on any atom is 0.0395 e. The Morgan fingerprint density at radius 1 is 1.00 bits per heavy atom. The van der Waals surface area contributed by atoms with Gasteiger partial charge < -0.3 is 5.32 Å². The first kappa shape index (κ1) is 14.7. The molecule has 2 aromatic rings. The minimum atomic E-state index is 0.391. The molecule has 0 saturated carbocycles. The summed E-state index contributed by atoms with van der Waals surface area (Å²) in [7, 11) is 2.08. The fourth-order valence-electron chi connectivity index (χ4n) is 3.15. The molecule has 0 spiro atoms. The van der Waals surface area contributed by atoms with E-state index < -0.39 is 0 Å². The van der Waals surface area contributed by atoms with Gasteiger partial charge in [-0.2, -0.15) is 0 Å². The zero-order chi connectivity index (χ0) is 14.8. The van der Waals surface area contributed by atoms with Crippen molar-refractivity contribution in [3.8, 4) is 0 Å². The molecule has 0 aromatic heterocycles. The number of fused-ring (bicyclic) bond motifs is 1. The summed E-state index contributed by atoms with van der Waals surface area (Å²) >= 11 is 1.98. The van der Waals surface area contributed by atoms with Crippen LogP contribution in [0, 0.1) is 0 Å². The molecule has 2 unspecified atom stereocenters. The van der Waals surface area contributed by atoms with Crippen LogP contribution in [0.25, 0.3) is 0 Å². The van der Waals surface area contributed by atoms with Crippen molar-refractivity contribution < 1.29 is 0 Å². The molecular formula is C19H23NS. The van der Waals surface area contributed by atoms with Crippen molar-refractivity contribution in [1.29, 1.82) is 0 Å². The number of likely N-dealkylation sites (N-methyl/N-ethyl adjacent to an activating group) is 1. The maximum atomic E-state index is 3.54. The predicted molar refractivity (Wildman–Crippen MR) is 92.2 cm³/mol. The second-order valence-corrected chi connectivity index (χ2v) is 7.10. The molecule has 1 nitrogen and oxygen atoms in total. The van der Waals surface area contributed by atoms with Crippen LogP contribution in [0.3, 0.4) is 0 Å². The van der Waals surface area contributed by atoms with Crippen molar-refractivity contribution in [1.82, 2.24) is 5.32 Å². The Hall–Kier alpha value is -1.25. The summed E-state index contributed by atoms with van der Waals surface area (Å²) in [6, 6.07) is 18.4. The summed E-state index contributed by atoms with van der Waals surface area (Å²) in [4.78, 5) is 1.45. The molecule has 3 rings (SSSR count). The van der Waals surface area contributed by atoms with Crippen LogP contribution in [0.5, 0.6) is 0 Å². The Morgan fingerprint density at radius 2 is 1.67 bits per heavy atom. The van der Waals surface area contributed by atoms with Gasteiger partial charge in [0.15, 0.2) is 0 Å². The van der Waals surface area contributed by atoms with E-state index in [1.165, 1.54) is 21.6 Å². The summed E-state index contributed by atoms with van der Waals surface area (Å²) in [6.45, 7) is 4.49. The van der Waals surface area contributed by atoms with Crippen molar-refractivity contribution in [2.24, 2.45) is 0 Å². The highest BCUT2D eigenvalue weighted by molar-refractivity contribution is 7.99. The van der Waals surface area contributed by atoms with Crippen LogP contribution in [0.4, 0.5) is 0 Å². The molecular weight excluding hydrogens is 274 g/mol. The largest absolute Gasteiger partial charge is 0.312 e. The molecule has 1 aliphatic rings. The molecule has 1 heterocycles. The van der Waals surface area contributed by atoms with E-state index in [1.54, 1.807) is 0 Å². The summed E-state index contributed by atoms with van der Waals surface area (Å²) in [5.41, 5.74) is 4.30. The smallest absolute Gasteiger partial charge is 0.0395 e. The molecule has 1 N–H and O–H groups in total. The Balaban J connectivity index is 1.89. The molecule has 2 heteroatoms. The Morgan fingerprint density at radius 3 is 2.33 bits per heavy atom. The lowest BCUT2D eigenvalue weighted by Crippen LogP contribution is -2.24. The van der Waals surface area contributed by atoms with Gasteiger partial charge >= 0.3 is 0 Å². The molecule has 21 heavy (non-hydrogen) atoms. The van der Waals surface area contributed by atoms with E-state index in [2.05, 4.69) is 74.7 Å². The summed E-state index contributed by atoms with van der Waals surface area (Å²) < 4.78 is 0. The molecule has 2 atom stereocenters. The van der Waals surface area contributed by atoms with Crippen LogP contribution >= 0.6 is 11.8 Å². The molecule has 0 amide bonds. The summed E-state index contributed by atoms with van der Waals surface area (Å²) in [6.07, 6.45) is 0. The third-order valence-corrected chi connectivity index (χ3v) is 5.62. The highest BCUT2D eigenvalue weighted by atomic mass is 32.2. The zero-order valence-electron chi connectivity index (χ0n) is 13.0. The first-order valence-electron chi connectivity index (χ1n) is 7.69. The van der Waals surface area contributed by atoms with Gasteiger partial charge in [-0.05, 0) is 35.7 Å². The number of rotatable bonds is 4. The molecule has 2 aromatic carbocycles. The van der Waals surface area contributed by atoms with Crippen molar-refractivity contribution in [2.75, 3.05) is 12.8 Å². The van der Waals surface area contributed by atoms with E-state index in [-0.39, 0.29) is 0 Å². The Bertz CT molecular complexity index is 603. The summed E-state index contributed by atoms with van der Waals surface area (Å²) in [5, 5.41) is 3.54. The molecule has 0 bridgehead atoms. The van der Waals surface area contributed by atoms with Crippen LogP contribution < -0.4 is 5.32 Å². The predicted octanol–water partition coefficient (Wildman–Crippen LogP) is 4.96. The average Bonchev–Trinajstić information content (AvgIpc) is 2.93. The molecule has 110 valence electrons. The van der Waals surface area contributed by atoms with Gasteiger partial charge in [-0.15, -0.1) is 11.8 Å². The van der Waals surface area contributed by atoms with Crippen LogP contribution in [0.2, 0.25) is 0 Å². The number of benzene rings is 2. The number of hydrogen-bond donors (Lipinski definition) is 1. The van der Waals surface area contributed by atoms with Gasteiger partial charge in [0.05, 0.1) is 0 Å². The molecule has 0 saturated heterocycles. The van der Waals surface area contributed by atoms with Crippen LogP contribution in [-0.4, -0.2) is 12.8 Å². The maximum absolute atomic E-state index is 3.54. The average molecular weight is 297 g/mol. The van der Waals surface area contributed by atoms with Gasteiger partial charge in [-0.3, -0.25) is 0 Å². The third-order valence-electron chi connectivity index (χ3n) is 4.41. The number of thioether (sulfide) groups is 1. The second-order valence-electron chi connectivity index (χ2n) is 6.04. The lowest BCUT2D eigenvalue weighted by atomic mass is 9.88. The van der Waals surface area contributed by atoms with Crippen molar-refractivity contribution in [2.45, 2.75) is 36.6 Å². The van der Waals surface area contributed by atoms with Gasteiger partial charge in [0, 0.05) is 22.6 Å². The van der Waals surface area contributed by atoms with E-state index in [9.17, 15) is 0 Å². The Kier molecular flexibility index (Phi) is 4.37. The van der Waals surface area contributed by atoms with Crippen LogP contribution in [0.1, 0.15) is 48.4 Å². The topological polar surface area (TPSA) is 12.0 Å². The van der Waals surface area contributed by atoms with Gasteiger partial charge in [-0.25, -0.2) is 0 Å². The highest BCUT2D eigenvalue weighted by Gasteiger charge is 2.30. The fourth-order valence-corrected chi connectivity index (χ4v) is 4.44. The van der Waals surface area contributed by atoms with Crippen molar-refractivity contribution >= 4 is 11.8 Å². The van der Waals surface area contributed by atoms with Gasteiger partial charge in [0.25, 0.3) is 0 Å². The van der Waals surface area contributed by atoms with Gasteiger partial charge in [0.2, 0.25) is 0 Å². The third kappa shape index (κ3) is 2.88. The molecule has 0 aliphatic carbocycles. The van der Waals surface area contributed by atoms with Crippen LogP contribution in [0.15, 0.2) is 53.4 Å². The quantitative estimate of drug-likeness (QED) is 0.856. The second kappa shape index (κ2) is 6.25. The highest BCUT2D eigenvalue weighted by Crippen LogP contribution is 2.45. The van der Waals surface area contributed by atoms with E-state index in [4.69, 9.17) is 0 Å². The van der Waals surface area contributed by atoms with E-state index in [1.807, 2.05) is 11.8 Å². The van der Waals surface area contributed by atoms with E-state index >= 15 is 0 Å². The van der Waals surface area contributed by atoms with E-state index in [0.29, 0.717) is 17.9 Å².